The number of thioether (sulfide) groups is 1. The first-order valence-corrected chi connectivity index (χ1v) is 17.2. The van der Waals surface area contributed by atoms with E-state index >= 15 is 14.4 Å². The molecule has 3 aliphatic rings. The molecule has 224 valence electrons. The number of benzene rings is 7. The number of ketones is 1. The van der Waals surface area contributed by atoms with Crippen LogP contribution in [0.4, 0.5) is 5.69 Å². The monoisotopic (exact) mass is 625 g/mol. The Kier molecular flexibility index (Phi) is 5.25. The third-order valence-electron chi connectivity index (χ3n) is 11.2. The van der Waals surface area contributed by atoms with Crippen LogP contribution in [0.2, 0.25) is 0 Å². The summed E-state index contributed by atoms with van der Waals surface area (Å²) in [5.74, 6) is -2.54. The zero-order valence-electron chi connectivity index (χ0n) is 25.4. The van der Waals surface area contributed by atoms with E-state index in [-0.39, 0.29) is 17.6 Å². The van der Waals surface area contributed by atoms with E-state index in [9.17, 15) is 0 Å². The van der Waals surface area contributed by atoms with Crippen molar-refractivity contribution in [1.82, 2.24) is 0 Å². The lowest BCUT2D eigenvalue weighted by Crippen LogP contribution is -2.45. The Morgan fingerprint density at radius 1 is 0.532 bits per heavy atom. The standard InChI is InChI=1S/C42H27NO3S/c1-47-31-21-9-8-20-30(31)43-38(44)36-37(39(43)45)42(27-16-6-3-7-17-27)35-29-19-11-13-25-23-22-24-12-10-18-28(32(24)33(25)29)34(35)41(36,40(42)46)26-14-4-2-5-15-26/h2-23,36-37H,1H3/t36-,37+,41+,42-. The highest BCUT2D eigenvalue weighted by Gasteiger charge is 2.82. The normalized spacial score (nSPS) is 24.6. The highest BCUT2D eigenvalue weighted by Crippen LogP contribution is 2.73. The van der Waals surface area contributed by atoms with Crippen molar-refractivity contribution in [3.8, 4) is 0 Å². The summed E-state index contributed by atoms with van der Waals surface area (Å²) in [6.45, 7) is 0. The van der Waals surface area contributed by atoms with E-state index in [0.29, 0.717) is 5.69 Å². The fraction of sp³-hybridized carbons (Fsp3) is 0.119. The Morgan fingerprint density at radius 3 is 1.49 bits per heavy atom. The summed E-state index contributed by atoms with van der Waals surface area (Å²) in [7, 11) is 0. The second-order valence-electron chi connectivity index (χ2n) is 12.9. The van der Waals surface area contributed by atoms with Crippen LogP contribution in [-0.2, 0) is 25.2 Å². The molecule has 2 aliphatic carbocycles. The first kappa shape index (κ1) is 26.9. The highest BCUT2D eigenvalue weighted by molar-refractivity contribution is 7.98. The third kappa shape index (κ3) is 2.92. The van der Waals surface area contributed by atoms with Crippen LogP contribution in [-0.4, -0.2) is 23.9 Å². The van der Waals surface area contributed by atoms with Gasteiger partial charge >= 0.3 is 0 Å². The van der Waals surface area contributed by atoms with E-state index < -0.39 is 22.7 Å². The first-order valence-electron chi connectivity index (χ1n) is 15.9. The summed E-state index contributed by atoms with van der Waals surface area (Å²) in [5.41, 5.74) is 1.08. The molecule has 1 saturated carbocycles. The zero-order chi connectivity index (χ0) is 31.7. The van der Waals surface area contributed by atoms with Crippen LogP contribution in [0.1, 0.15) is 22.3 Å². The van der Waals surface area contributed by atoms with Crippen LogP contribution < -0.4 is 4.90 Å². The molecular weight excluding hydrogens is 599 g/mol. The minimum Gasteiger partial charge on any atom is -0.297 e. The van der Waals surface area contributed by atoms with E-state index in [2.05, 4.69) is 36.4 Å². The summed E-state index contributed by atoms with van der Waals surface area (Å²) < 4.78 is 0. The lowest BCUT2D eigenvalue weighted by atomic mass is 9.59. The number of carbonyl (C=O) groups is 3. The summed E-state index contributed by atoms with van der Waals surface area (Å²) in [5, 5.41) is 6.30. The van der Waals surface area contributed by atoms with Crippen molar-refractivity contribution in [2.75, 3.05) is 11.2 Å². The molecule has 47 heavy (non-hydrogen) atoms. The van der Waals surface area contributed by atoms with Crippen LogP contribution in [0.3, 0.4) is 0 Å². The minimum atomic E-state index is -1.38. The predicted molar refractivity (Wildman–Crippen MR) is 187 cm³/mol. The zero-order valence-corrected chi connectivity index (χ0v) is 26.3. The number of carbonyl (C=O) groups excluding carboxylic acids is 3. The molecule has 7 aromatic rings. The predicted octanol–water partition coefficient (Wildman–Crippen LogP) is 8.28. The number of para-hydroxylation sites is 1. The van der Waals surface area contributed by atoms with Crippen LogP contribution in [0, 0.1) is 11.8 Å². The molecule has 2 fully saturated rings. The molecule has 4 nitrogen and oxygen atoms in total. The summed E-state index contributed by atoms with van der Waals surface area (Å²) in [6, 6.07) is 43.9. The van der Waals surface area contributed by atoms with E-state index in [1.165, 1.54) is 16.7 Å². The molecule has 0 radical (unpaired) electrons. The maximum Gasteiger partial charge on any atom is 0.239 e. The number of rotatable bonds is 4. The Morgan fingerprint density at radius 2 is 1.00 bits per heavy atom. The van der Waals surface area contributed by atoms with Crippen molar-refractivity contribution in [2.45, 2.75) is 15.7 Å². The number of hydrogen-bond acceptors (Lipinski definition) is 4. The smallest absolute Gasteiger partial charge is 0.239 e. The minimum absolute atomic E-state index is 0.0799. The summed E-state index contributed by atoms with van der Waals surface area (Å²) in [4.78, 5) is 48.8. The molecule has 0 unspecified atom stereocenters. The lowest BCUT2D eigenvalue weighted by molar-refractivity contribution is -0.130. The molecule has 2 bridgehead atoms. The number of nitrogens with zero attached hydrogens (tertiary/aromatic N) is 1. The molecule has 1 heterocycles. The SMILES string of the molecule is CSc1ccccc1N1C(=O)[C@@H]2[C@H](C1=O)[C@@]1(c3ccccc3)C(=O)[C@]2(c2ccccc2)c2c1c1cccc3ccc4cccc2c4c31. The second-order valence-corrected chi connectivity index (χ2v) is 13.8. The summed E-state index contributed by atoms with van der Waals surface area (Å²) in [6.07, 6.45) is 1.95. The van der Waals surface area contributed by atoms with Gasteiger partial charge in [0.1, 0.15) is 0 Å². The topological polar surface area (TPSA) is 54.5 Å². The van der Waals surface area contributed by atoms with Crippen LogP contribution in [0.5, 0.6) is 0 Å². The van der Waals surface area contributed by atoms with E-state index in [1.807, 2.05) is 103 Å². The lowest BCUT2D eigenvalue weighted by Gasteiger charge is -2.38. The molecule has 2 amide bonds. The summed E-state index contributed by atoms with van der Waals surface area (Å²) >= 11 is 1.50. The fourth-order valence-electron chi connectivity index (χ4n) is 9.70. The van der Waals surface area contributed by atoms with Crippen molar-refractivity contribution in [2.24, 2.45) is 11.8 Å². The van der Waals surface area contributed by atoms with Crippen molar-refractivity contribution in [1.29, 1.82) is 0 Å². The molecule has 1 aliphatic heterocycles. The average Bonchev–Trinajstić information content (AvgIpc) is 3.64. The molecule has 1 saturated heterocycles. The number of hydrogen-bond donors (Lipinski definition) is 0. The number of imide groups is 1. The number of Topliss-reactive ketones (excluding diaryl/α,β-unsaturated/α-hetero) is 1. The van der Waals surface area contributed by atoms with Crippen molar-refractivity contribution in [3.63, 3.8) is 0 Å². The first-order chi connectivity index (χ1) is 23.1. The Labute approximate surface area is 275 Å². The maximum atomic E-state index is 16.1. The fourth-order valence-corrected chi connectivity index (χ4v) is 10.3. The largest absolute Gasteiger partial charge is 0.297 e. The van der Waals surface area contributed by atoms with Crippen molar-refractivity contribution in [3.05, 3.63) is 156 Å². The van der Waals surface area contributed by atoms with E-state index in [1.54, 1.807) is 0 Å². The van der Waals surface area contributed by atoms with Gasteiger partial charge in [0.2, 0.25) is 11.8 Å². The Balaban J connectivity index is 1.45. The van der Waals surface area contributed by atoms with Gasteiger partial charge in [0.15, 0.2) is 5.78 Å². The Hall–Kier alpha value is -5.26. The van der Waals surface area contributed by atoms with Crippen LogP contribution >= 0.6 is 11.8 Å². The van der Waals surface area contributed by atoms with Gasteiger partial charge in [-0.25, -0.2) is 4.90 Å². The van der Waals surface area contributed by atoms with Gasteiger partial charge in [-0.3, -0.25) is 14.4 Å². The molecule has 10 rings (SSSR count). The van der Waals surface area contributed by atoms with Gasteiger partial charge < -0.3 is 0 Å². The van der Waals surface area contributed by atoms with Crippen LogP contribution in [0.15, 0.2) is 138 Å². The molecule has 4 atom stereocenters. The molecule has 5 heteroatoms. The average molecular weight is 626 g/mol. The quantitative estimate of drug-likeness (QED) is 0.112. The molecule has 7 aromatic carbocycles. The molecule has 0 spiro atoms. The molecule has 0 N–H and O–H groups in total. The maximum absolute atomic E-state index is 16.1. The van der Waals surface area contributed by atoms with Crippen molar-refractivity contribution >= 4 is 67.4 Å². The van der Waals surface area contributed by atoms with Gasteiger partial charge in [0.05, 0.1) is 28.4 Å². The van der Waals surface area contributed by atoms with Gasteiger partial charge in [-0.05, 0) is 73.0 Å². The number of amides is 2. The van der Waals surface area contributed by atoms with Crippen LogP contribution in [0.25, 0.3) is 32.3 Å². The Bertz CT molecular complexity index is 2340. The van der Waals surface area contributed by atoms with E-state index in [4.69, 9.17) is 0 Å². The van der Waals surface area contributed by atoms with Crippen molar-refractivity contribution < 1.29 is 14.4 Å². The number of anilines is 1. The third-order valence-corrected chi connectivity index (χ3v) is 12.0. The highest BCUT2D eigenvalue weighted by atomic mass is 32.2. The van der Waals surface area contributed by atoms with Gasteiger partial charge in [-0.2, -0.15) is 0 Å². The second kappa shape index (κ2) is 9.18. The van der Waals surface area contributed by atoms with E-state index in [0.717, 1.165) is 59.5 Å². The molecular formula is C42H27NO3S. The van der Waals surface area contributed by atoms with Gasteiger partial charge in [-0.15, -0.1) is 11.8 Å². The van der Waals surface area contributed by atoms with Gasteiger partial charge in [0, 0.05) is 4.90 Å². The number of fused-ring (bicyclic) bond motifs is 10. The van der Waals surface area contributed by atoms with Gasteiger partial charge in [0.25, 0.3) is 0 Å². The van der Waals surface area contributed by atoms with Gasteiger partial charge in [-0.1, -0.05) is 121 Å². The molecule has 0 aromatic heterocycles.